The summed E-state index contributed by atoms with van der Waals surface area (Å²) in [7, 11) is 0. The monoisotopic (exact) mass is 466 g/mol. The van der Waals surface area contributed by atoms with Gasteiger partial charge in [-0.25, -0.2) is 9.48 Å². The van der Waals surface area contributed by atoms with E-state index in [-0.39, 0.29) is 19.2 Å². The molecule has 4 aromatic rings. The molecule has 1 aromatic heterocycles. The zero-order valence-electron chi connectivity index (χ0n) is 19.0. The summed E-state index contributed by atoms with van der Waals surface area (Å²) < 4.78 is 12.6. The van der Waals surface area contributed by atoms with E-state index in [0.717, 1.165) is 16.8 Å². The third-order valence-electron chi connectivity index (χ3n) is 6.41. The molecule has 0 unspecified atom stereocenters. The third-order valence-corrected chi connectivity index (χ3v) is 6.41. The Balaban J connectivity index is 1.36. The number of hydrogen-bond donors (Lipinski definition) is 1. The van der Waals surface area contributed by atoms with Crippen molar-refractivity contribution < 1.29 is 19.1 Å². The number of rotatable bonds is 5. The number of carbonyl (C=O) groups is 2. The second-order valence-electron chi connectivity index (χ2n) is 8.66. The van der Waals surface area contributed by atoms with Gasteiger partial charge in [0.15, 0.2) is 11.5 Å². The molecule has 1 saturated heterocycles. The summed E-state index contributed by atoms with van der Waals surface area (Å²) in [4.78, 5) is 27.9. The topological polar surface area (TPSA) is 85.7 Å². The summed E-state index contributed by atoms with van der Waals surface area (Å²) in [5.41, 5.74) is 2.68. The smallest absolute Gasteiger partial charge is 0.325 e. The summed E-state index contributed by atoms with van der Waals surface area (Å²) in [6.45, 7) is 1.92. The van der Waals surface area contributed by atoms with E-state index in [1.54, 1.807) is 29.8 Å². The Hall–Kier alpha value is -4.59. The van der Waals surface area contributed by atoms with Gasteiger partial charge < -0.3 is 14.8 Å². The van der Waals surface area contributed by atoms with Gasteiger partial charge in [-0.1, -0.05) is 54.6 Å². The van der Waals surface area contributed by atoms with Gasteiger partial charge in [0.25, 0.3) is 5.91 Å². The van der Waals surface area contributed by atoms with Crippen molar-refractivity contribution in [1.82, 2.24) is 20.0 Å². The number of fused-ring (bicyclic) bond motifs is 1. The average Bonchev–Trinajstić information content (AvgIpc) is 3.59. The van der Waals surface area contributed by atoms with E-state index in [0.29, 0.717) is 22.8 Å². The van der Waals surface area contributed by atoms with Crippen LogP contribution in [-0.2, 0) is 16.9 Å². The molecule has 0 radical (unpaired) electrons. The van der Waals surface area contributed by atoms with Crippen molar-refractivity contribution in [3.8, 4) is 28.4 Å². The normalized spacial score (nSPS) is 18.7. The summed E-state index contributed by atoms with van der Waals surface area (Å²) >= 11 is 0. The first-order chi connectivity index (χ1) is 17.0. The number of carbonyl (C=O) groups excluding carboxylic acids is 2. The third kappa shape index (κ3) is 3.50. The number of nitrogens with zero attached hydrogens (tertiary/aromatic N) is 3. The minimum atomic E-state index is -1.22. The number of hydrogen-bond acceptors (Lipinski definition) is 5. The highest BCUT2D eigenvalue weighted by atomic mass is 16.7. The van der Waals surface area contributed by atoms with Crippen LogP contribution in [0.15, 0.2) is 85.1 Å². The lowest BCUT2D eigenvalue weighted by Crippen LogP contribution is -2.40. The van der Waals surface area contributed by atoms with Crippen LogP contribution in [0, 0.1) is 0 Å². The molecular formula is C27H22N4O4. The van der Waals surface area contributed by atoms with Gasteiger partial charge in [-0.05, 0) is 36.8 Å². The first-order valence-corrected chi connectivity index (χ1v) is 11.3. The van der Waals surface area contributed by atoms with Gasteiger partial charge in [0, 0.05) is 17.3 Å². The molecule has 6 rings (SSSR count). The molecule has 3 amide bonds. The molecule has 1 fully saturated rings. The van der Waals surface area contributed by atoms with E-state index >= 15 is 0 Å². The van der Waals surface area contributed by atoms with Crippen LogP contribution in [0.25, 0.3) is 16.9 Å². The molecule has 2 aliphatic heterocycles. The number of imide groups is 1. The maximum Gasteiger partial charge on any atom is 0.325 e. The Morgan fingerprint density at radius 1 is 0.943 bits per heavy atom. The fourth-order valence-corrected chi connectivity index (χ4v) is 4.49. The molecule has 0 aliphatic carbocycles. The zero-order chi connectivity index (χ0) is 24.0. The van der Waals surface area contributed by atoms with Crippen LogP contribution in [-0.4, -0.2) is 33.4 Å². The highest BCUT2D eigenvalue weighted by Crippen LogP contribution is 2.38. The number of nitrogens with one attached hydrogen (secondary N) is 1. The summed E-state index contributed by atoms with van der Waals surface area (Å²) in [6, 6.07) is 24.3. The van der Waals surface area contributed by atoms with Gasteiger partial charge in [0.2, 0.25) is 6.79 Å². The van der Waals surface area contributed by atoms with Crippen LogP contribution in [0.3, 0.4) is 0 Å². The standard InChI is InChI=1S/C27H22N4O4/c1-27(20-12-13-22-23(14-20)35-17-34-22)25(32)30(26(33)28-27)15-19-16-31(21-10-6-3-7-11-21)29-24(19)18-8-4-2-5-9-18/h2-14,16H,15,17H2,1H3,(H,28,33)/t27-/m0/s1. The van der Waals surface area contributed by atoms with Gasteiger partial charge in [0.05, 0.1) is 17.9 Å². The van der Waals surface area contributed by atoms with Gasteiger partial charge >= 0.3 is 6.03 Å². The molecule has 2 aliphatic rings. The van der Waals surface area contributed by atoms with Crippen LogP contribution in [0.4, 0.5) is 4.79 Å². The van der Waals surface area contributed by atoms with Crippen molar-refractivity contribution in [1.29, 1.82) is 0 Å². The summed E-state index contributed by atoms with van der Waals surface area (Å²) in [5.74, 6) is 0.833. The maximum absolute atomic E-state index is 13.6. The largest absolute Gasteiger partial charge is 0.454 e. The Morgan fingerprint density at radius 2 is 1.66 bits per heavy atom. The molecule has 0 spiro atoms. The van der Waals surface area contributed by atoms with Crippen LogP contribution >= 0.6 is 0 Å². The van der Waals surface area contributed by atoms with E-state index in [1.165, 1.54) is 4.90 Å². The van der Waals surface area contributed by atoms with E-state index in [1.807, 2.05) is 66.9 Å². The molecular weight excluding hydrogens is 444 g/mol. The first kappa shape index (κ1) is 21.0. The van der Waals surface area contributed by atoms with E-state index in [2.05, 4.69) is 5.32 Å². The molecule has 35 heavy (non-hydrogen) atoms. The van der Waals surface area contributed by atoms with E-state index in [9.17, 15) is 9.59 Å². The second-order valence-corrected chi connectivity index (χ2v) is 8.66. The summed E-state index contributed by atoms with van der Waals surface area (Å²) in [5, 5.41) is 7.66. The van der Waals surface area contributed by atoms with Crippen molar-refractivity contribution in [3.05, 3.63) is 96.2 Å². The molecule has 1 N–H and O–H groups in total. The van der Waals surface area contributed by atoms with Crippen LogP contribution in [0.2, 0.25) is 0 Å². The Kier molecular flexibility index (Phi) is 4.81. The fraction of sp³-hybridized carbons (Fsp3) is 0.148. The predicted molar refractivity (Wildman–Crippen MR) is 128 cm³/mol. The van der Waals surface area contributed by atoms with Crippen molar-refractivity contribution in [3.63, 3.8) is 0 Å². The molecule has 3 heterocycles. The number of aromatic nitrogens is 2. The van der Waals surface area contributed by atoms with Crippen molar-refractivity contribution >= 4 is 11.9 Å². The molecule has 174 valence electrons. The van der Waals surface area contributed by atoms with Gasteiger partial charge in [-0.3, -0.25) is 9.69 Å². The number of urea groups is 1. The lowest BCUT2D eigenvalue weighted by Gasteiger charge is -2.22. The highest BCUT2D eigenvalue weighted by Gasteiger charge is 2.49. The Labute approximate surface area is 201 Å². The fourth-order valence-electron chi connectivity index (χ4n) is 4.49. The Bertz CT molecular complexity index is 1430. The number of para-hydroxylation sites is 1. The average molecular weight is 466 g/mol. The van der Waals surface area contributed by atoms with Crippen molar-refractivity contribution in [2.24, 2.45) is 0 Å². The van der Waals surface area contributed by atoms with Gasteiger partial charge in [-0.2, -0.15) is 5.10 Å². The quantitative estimate of drug-likeness (QED) is 0.445. The van der Waals surface area contributed by atoms with Gasteiger partial charge in [0.1, 0.15) is 5.54 Å². The molecule has 8 nitrogen and oxygen atoms in total. The molecule has 3 aromatic carbocycles. The van der Waals surface area contributed by atoms with Crippen LogP contribution < -0.4 is 14.8 Å². The lowest BCUT2D eigenvalue weighted by molar-refractivity contribution is -0.131. The van der Waals surface area contributed by atoms with Crippen LogP contribution in [0.5, 0.6) is 11.5 Å². The maximum atomic E-state index is 13.6. The number of amides is 3. The Morgan fingerprint density at radius 3 is 2.43 bits per heavy atom. The highest BCUT2D eigenvalue weighted by molar-refractivity contribution is 6.07. The first-order valence-electron chi connectivity index (χ1n) is 11.3. The molecule has 0 bridgehead atoms. The zero-order valence-corrected chi connectivity index (χ0v) is 19.0. The molecule has 1 atom stereocenters. The molecule has 0 saturated carbocycles. The SMILES string of the molecule is C[C@@]1(c2ccc3c(c2)OCO3)NC(=O)N(Cc2cn(-c3ccccc3)nc2-c2ccccc2)C1=O. The van der Waals surface area contributed by atoms with Gasteiger partial charge in [-0.15, -0.1) is 0 Å². The summed E-state index contributed by atoms with van der Waals surface area (Å²) in [6.07, 6.45) is 1.87. The minimum absolute atomic E-state index is 0.0852. The minimum Gasteiger partial charge on any atom is -0.454 e. The van der Waals surface area contributed by atoms with E-state index in [4.69, 9.17) is 14.6 Å². The van der Waals surface area contributed by atoms with Crippen LogP contribution in [0.1, 0.15) is 18.1 Å². The number of ether oxygens (including phenoxy) is 2. The predicted octanol–water partition coefficient (Wildman–Crippen LogP) is 4.24. The van der Waals surface area contributed by atoms with Crippen molar-refractivity contribution in [2.75, 3.05) is 6.79 Å². The van der Waals surface area contributed by atoms with E-state index < -0.39 is 11.6 Å². The second kappa shape index (κ2) is 8.02. The lowest BCUT2D eigenvalue weighted by atomic mass is 9.91. The number of benzene rings is 3. The van der Waals surface area contributed by atoms with Crippen molar-refractivity contribution in [2.45, 2.75) is 19.0 Å². The molecule has 8 heteroatoms.